The summed E-state index contributed by atoms with van der Waals surface area (Å²) in [5.74, 6) is 5.78. The van der Waals surface area contributed by atoms with Crippen LogP contribution in [0.5, 0.6) is 0 Å². The third-order valence-electron chi connectivity index (χ3n) is 3.04. The number of hydrogen-bond donors (Lipinski definition) is 2. The number of nitrogens with one attached hydrogen (secondary N) is 1. The van der Waals surface area contributed by atoms with Gasteiger partial charge in [0.05, 0.1) is 12.2 Å². The Morgan fingerprint density at radius 1 is 1.29 bits per heavy atom. The second-order valence-corrected chi connectivity index (χ2v) is 5.47. The highest BCUT2D eigenvalue weighted by molar-refractivity contribution is 7.08. The maximum atomic E-state index is 12.2. The molecule has 0 saturated heterocycles. The molecule has 0 bridgehead atoms. The van der Waals surface area contributed by atoms with Gasteiger partial charge in [0, 0.05) is 23.1 Å². The van der Waals surface area contributed by atoms with Crippen LogP contribution in [0, 0.1) is 25.7 Å². The van der Waals surface area contributed by atoms with Crippen molar-refractivity contribution in [2.24, 2.45) is 0 Å². The lowest BCUT2D eigenvalue weighted by molar-refractivity contribution is 0.102. The quantitative estimate of drug-likeness (QED) is 0.854. The number of rotatable bonds is 3. The maximum Gasteiger partial charge on any atom is 0.256 e. The first kappa shape index (κ1) is 15.3. The molecule has 0 atom stereocenters. The fourth-order valence-electron chi connectivity index (χ4n) is 1.88. The number of hydrogen-bond acceptors (Lipinski definition) is 3. The Kier molecular flexibility index (Phi) is 5.15. The minimum absolute atomic E-state index is 0.0696. The monoisotopic (exact) mass is 299 g/mol. The molecule has 0 aliphatic heterocycles. The van der Waals surface area contributed by atoms with Crippen molar-refractivity contribution in [2.45, 2.75) is 20.3 Å². The van der Waals surface area contributed by atoms with Gasteiger partial charge in [-0.3, -0.25) is 4.79 Å². The second-order valence-electron chi connectivity index (χ2n) is 4.73. The van der Waals surface area contributed by atoms with Gasteiger partial charge in [-0.25, -0.2) is 0 Å². The van der Waals surface area contributed by atoms with Gasteiger partial charge in [0.15, 0.2) is 0 Å². The molecule has 0 unspecified atom stereocenters. The van der Waals surface area contributed by atoms with Crippen LogP contribution < -0.4 is 5.32 Å². The van der Waals surface area contributed by atoms with E-state index in [-0.39, 0.29) is 12.5 Å². The Bertz CT molecular complexity index is 707. The summed E-state index contributed by atoms with van der Waals surface area (Å²) in [6.45, 7) is 3.94. The van der Waals surface area contributed by atoms with Crippen molar-refractivity contribution in [3.8, 4) is 11.8 Å². The van der Waals surface area contributed by atoms with Crippen LogP contribution in [-0.2, 0) is 0 Å². The summed E-state index contributed by atoms with van der Waals surface area (Å²) in [7, 11) is 0. The number of carbonyl (C=O) groups is 1. The first-order chi connectivity index (χ1) is 10.1. The maximum absolute atomic E-state index is 12.2. The van der Waals surface area contributed by atoms with E-state index in [9.17, 15) is 4.79 Å². The van der Waals surface area contributed by atoms with Crippen LogP contribution in [0.15, 0.2) is 29.0 Å². The van der Waals surface area contributed by atoms with E-state index in [1.165, 1.54) is 11.3 Å². The van der Waals surface area contributed by atoms with Gasteiger partial charge in [-0.2, -0.15) is 11.3 Å². The topological polar surface area (TPSA) is 49.3 Å². The van der Waals surface area contributed by atoms with E-state index >= 15 is 0 Å². The summed E-state index contributed by atoms with van der Waals surface area (Å²) in [6, 6.07) is 5.66. The minimum Gasteiger partial charge on any atom is -0.395 e. The third-order valence-corrected chi connectivity index (χ3v) is 3.91. The van der Waals surface area contributed by atoms with Gasteiger partial charge >= 0.3 is 0 Å². The lowest BCUT2D eigenvalue weighted by atomic mass is 10.1. The molecule has 21 heavy (non-hydrogen) atoms. The van der Waals surface area contributed by atoms with Crippen molar-refractivity contribution >= 4 is 22.9 Å². The largest absolute Gasteiger partial charge is 0.395 e. The van der Waals surface area contributed by atoms with E-state index in [2.05, 4.69) is 17.2 Å². The van der Waals surface area contributed by atoms with Crippen LogP contribution in [-0.4, -0.2) is 17.6 Å². The second kappa shape index (κ2) is 7.07. The van der Waals surface area contributed by atoms with Crippen LogP contribution in [0.1, 0.15) is 33.5 Å². The molecule has 0 spiro atoms. The van der Waals surface area contributed by atoms with Gasteiger partial charge in [-0.15, -0.1) is 0 Å². The van der Waals surface area contributed by atoms with Crippen molar-refractivity contribution in [2.75, 3.05) is 11.9 Å². The number of carbonyl (C=O) groups excluding carboxylic acids is 1. The van der Waals surface area contributed by atoms with Crippen molar-refractivity contribution in [3.63, 3.8) is 0 Å². The standard InChI is InChI=1S/C17H17NO2S/c1-12-9-14(5-3-4-8-19)6-7-16(12)18-17(20)15-11-21-10-13(15)2/h6-7,9-11,19H,4,8H2,1-2H3,(H,18,20). The summed E-state index contributed by atoms with van der Waals surface area (Å²) in [5, 5.41) is 15.4. The number of aliphatic hydroxyl groups is 1. The molecule has 2 N–H and O–H groups in total. The van der Waals surface area contributed by atoms with Crippen LogP contribution in [0.4, 0.5) is 5.69 Å². The number of aliphatic hydroxyl groups excluding tert-OH is 1. The molecule has 3 nitrogen and oxygen atoms in total. The van der Waals surface area contributed by atoms with Crippen molar-refractivity contribution in [1.29, 1.82) is 0 Å². The normalized spacial score (nSPS) is 9.86. The predicted molar refractivity (Wildman–Crippen MR) is 86.8 cm³/mol. The number of aryl methyl sites for hydroxylation is 2. The fraction of sp³-hybridized carbons (Fsp3) is 0.235. The van der Waals surface area contributed by atoms with Gasteiger partial charge in [-0.1, -0.05) is 11.8 Å². The molecule has 108 valence electrons. The molecule has 1 amide bonds. The first-order valence-corrected chi connectivity index (χ1v) is 7.60. The molecule has 1 aromatic carbocycles. The average Bonchev–Trinajstić information content (AvgIpc) is 2.88. The number of thiophene rings is 1. The van der Waals surface area contributed by atoms with E-state index in [0.29, 0.717) is 12.0 Å². The molecule has 1 aromatic heterocycles. The Morgan fingerprint density at radius 2 is 2.10 bits per heavy atom. The van der Waals surface area contributed by atoms with Crippen LogP contribution in [0.2, 0.25) is 0 Å². The van der Waals surface area contributed by atoms with Crippen molar-refractivity contribution < 1.29 is 9.90 Å². The SMILES string of the molecule is Cc1cc(C#CCCO)ccc1NC(=O)c1cscc1C. The molecule has 2 aromatic rings. The minimum atomic E-state index is -0.0871. The van der Waals surface area contributed by atoms with Crippen LogP contribution >= 0.6 is 11.3 Å². The predicted octanol–water partition coefficient (Wildman–Crippen LogP) is 3.35. The van der Waals surface area contributed by atoms with Crippen molar-refractivity contribution in [3.05, 3.63) is 51.2 Å². The van der Waals surface area contributed by atoms with E-state index in [4.69, 9.17) is 5.11 Å². The summed E-state index contributed by atoms with van der Waals surface area (Å²) < 4.78 is 0. The van der Waals surface area contributed by atoms with Crippen molar-refractivity contribution in [1.82, 2.24) is 0 Å². The van der Waals surface area contributed by atoms with Gasteiger partial charge in [0.25, 0.3) is 5.91 Å². The lowest BCUT2D eigenvalue weighted by Crippen LogP contribution is -2.13. The highest BCUT2D eigenvalue weighted by Crippen LogP contribution is 2.19. The van der Waals surface area contributed by atoms with E-state index < -0.39 is 0 Å². The zero-order chi connectivity index (χ0) is 15.2. The summed E-state index contributed by atoms with van der Waals surface area (Å²) in [4.78, 5) is 12.2. The Balaban J connectivity index is 2.13. The molecule has 1 heterocycles. The van der Waals surface area contributed by atoms with E-state index in [0.717, 1.165) is 22.4 Å². The van der Waals surface area contributed by atoms with E-state index in [1.807, 2.05) is 42.8 Å². The highest BCUT2D eigenvalue weighted by atomic mass is 32.1. The molecule has 0 aliphatic carbocycles. The lowest BCUT2D eigenvalue weighted by Gasteiger charge is -2.08. The number of benzene rings is 1. The van der Waals surface area contributed by atoms with Gasteiger partial charge < -0.3 is 10.4 Å². The highest BCUT2D eigenvalue weighted by Gasteiger charge is 2.11. The Morgan fingerprint density at radius 3 is 2.71 bits per heavy atom. The van der Waals surface area contributed by atoms with E-state index in [1.54, 1.807) is 0 Å². The molecule has 0 saturated carbocycles. The molecule has 0 radical (unpaired) electrons. The van der Waals surface area contributed by atoms with Crippen LogP contribution in [0.25, 0.3) is 0 Å². The molecular formula is C17H17NO2S. The first-order valence-electron chi connectivity index (χ1n) is 6.66. The molecular weight excluding hydrogens is 282 g/mol. The summed E-state index contributed by atoms with van der Waals surface area (Å²) >= 11 is 1.52. The fourth-order valence-corrected chi connectivity index (χ4v) is 2.71. The smallest absolute Gasteiger partial charge is 0.256 e. The average molecular weight is 299 g/mol. The van der Waals surface area contributed by atoms with Gasteiger partial charge in [0.2, 0.25) is 0 Å². The summed E-state index contributed by atoms with van der Waals surface area (Å²) in [6.07, 6.45) is 0.467. The molecule has 2 rings (SSSR count). The number of amides is 1. The number of anilines is 1. The van der Waals surface area contributed by atoms with Crippen LogP contribution in [0.3, 0.4) is 0 Å². The molecule has 4 heteroatoms. The molecule has 0 fully saturated rings. The zero-order valence-electron chi connectivity index (χ0n) is 12.1. The Labute approximate surface area is 128 Å². The van der Waals surface area contributed by atoms with Gasteiger partial charge in [0.1, 0.15) is 0 Å². The zero-order valence-corrected chi connectivity index (χ0v) is 12.9. The third kappa shape index (κ3) is 3.94. The molecule has 0 aliphatic rings. The Hall–Kier alpha value is -2.09. The van der Waals surface area contributed by atoms with Gasteiger partial charge in [-0.05, 0) is 48.6 Å². The summed E-state index contributed by atoms with van der Waals surface area (Å²) in [5.41, 5.74) is 4.34.